The van der Waals surface area contributed by atoms with Gasteiger partial charge >= 0.3 is 0 Å². The van der Waals surface area contributed by atoms with Crippen molar-refractivity contribution in [3.63, 3.8) is 0 Å². The van der Waals surface area contributed by atoms with Gasteiger partial charge in [0, 0.05) is 30.0 Å². The van der Waals surface area contributed by atoms with Crippen molar-refractivity contribution in [1.82, 2.24) is 15.5 Å². The molecule has 1 atom stereocenters. The third kappa shape index (κ3) is 4.45. The molecule has 0 saturated carbocycles. The molecule has 0 spiro atoms. The fourth-order valence-corrected chi connectivity index (χ4v) is 4.53. The summed E-state index contributed by atoms with van der Waals surface area (Å²) in [4.78, 5) is 17.2. The number of ether oxygens (including phenoxy) is 1. The summed E-state index contributed by atoms with van der Waals surface area (Å²) in [6.07, 6.45) is 2.61. The van der Waals surface area contributed by atoms with Crippen molar-refractivity contribution in [2.45, 2.75) is 31.0 Å². The largest absolute Gasteiger partial charge is 0.493 e. The number of aryl methyl sites for hydroxylation is 2. The van der Waals surface area contributed by atoms with Crippen LogP contribution in [0, 0.1) is 19.8 Å². The van der Waals surface area contributed by atoms with Crippen molar-refractivity contribution in [3.05, 3.63) is 70.7 Å². The zero-order valence-electron chi connectivity index (χ0n) is 16.5. The van der Waals surface area contributed by atoms with E-state index in [0.717, 1.165) is 29.2 Å². The molecule has 0 fully saturated rings. The highest BCUT2D eigenvalue weighted by Crippen LogP contribution is 2.28. The van der Waals surface area contributed by atoms with Gasteiger partial charge in [-0.1, -0.05) is 23.4 Å². The van der Waals surface area contributed by atoms with E-state index in [-0.39, 0.29) is 11.8 Å². The molecule has 6 nitrogen and oxygen atoms in total. The Hall–Kier alpha value is -2.80. The molecule has 3 aromatic rings. The predicted molar refractivity (Wildman–Crippen MR) is 111 cm³/mol. The number of carbonyl (C=O) groups is 1. The van der Waals surface area contributed by atoms with Crippen LogP contribution in [0.25, 0.3) is 0 Å². The van der Waals surface area contributed by atoms with Crippen LogP contribution in [0.15, 0.2) is 52.1 Å². The molecule has 0 bridgehead atoms. The van der Waals surface area contributed by atoms with E-state index in [4.69, 9.17) is 9.26 Å². The second kappa shape index (κ2) is 8.69. The molecule has 0 radical (unpaired) electrons. The summed E-state index contributed by atoms with van der Waals surface area (Å²) in [5, 5.41) is 7.74. The number of thioether (sulfide) groups is 1. The van der Waals surface area contributed by atoms with E-state index in [1.165, 1.54) is 17.3 Å². The Labute approximate surface area is 174 Å². The monoisotopic (exact) mass is 409 g/mol. The Morgan fingerprint density at radius 2 is 2.10 bits per heavy atom. The van der Waals surface area contributed by atoms with Crippen LogP contribution in [0.5, 0.6) is 5.75 Å². The van der Waals surface area contributed by atoms with Gasteiger partial charge in [0.05, 0.1) is 17.9 Å². The second-order valence-electron chi connectivity index (χ2n) is 7.15. The molecule has 2 aromatic heterocycles. The number of aromatic nitrogens is 2. The molecule has 1 N–H and O–H groups in total. The highest BCUT2D eigenvalue weighted by molar-refractivity contribution is 7.98. The molecule has 0 aliphatic carbocycles. The van der Waals surface area contributed by atoms with Gasteiger partial charge in [-0.05, 0) is 44.0 Å². The maximum absolute atomic E-state index is 12.8. The zero-order chi connectivity index (χ0) is 20.2. The van der Waals surface area contributed by atoms with Crippen molar-refractivity contribution in [2.24, 2.45) is 5.92 Å². The van der Waals surface area contributed by atoms with E-state index < -0.39 is 0 Å². The van der Waals surface area contributed by atoms with E-state index in [0.29, 0.717) is 29.5 Å². The Kier molecular flexibility index (Phi) is 5.85. The van der Waals surface area contributed by atoms with Crippen LogP contribution in [-0.2, 0) is 12.2 Å². The zero-order valence-corrected chi connectivity index (χ0v) is 17.3. The molecule has 1 aliphatic heterocycles. The molecule has 1 aliphatic rings. The molecule has 4 rings (SSSR count). The van der Waals surface area contributed by atoms with Crippen LogP contribution >= 0.6 is 11.8 Å². The fourth-order valence-electron chi connectivity index (χ4n) is 3.38. The Balaban J connectivity index is 1.38. The number of carbonyl (C=O) groups excluding carboxylic acids is 1. The van der Waals surface area contributed by atoms with Gasteiger partial charge in [-0.3, -0.25) is 4.79 Å². The Morgan fingerprint density at radius 3 is 2.93 bits per heavy atom. The first-order chi connectivity index (χ1) is 14.1. The number of para-hydroxylation sites is 1. The van der Waals surface area contributed by atoms with Gasteiger partial charge in [-0.2, -0.15) is 0 Å². The van der Waals surface area contributed by atoms with E-state index in [2.05, 4.69) is 21.5 Å². The lowest BCUT2D eigenvalue weighted by atomic mass is 9.97. The summed E-state index contributed by atoms with van der Waals surface area (Å²) in [6, 6.07) is 11.7. The van der Waals surface area contributed by atoms with Gasteiger partial charge in [0.2, 0.25) is 0 Å². The summed E-state index contributed by atoms with van der Waals surface area (Å²) >= 11 is 1.52. The van der Waals surface area contributed by atoms with Crippen LogP contribution in [0.4, 0.5) is 0 Å². The molecule has 3 heterocycles. The standard InChI is InChI=1S/C22H23N3O3S/c1-14-19(15(2)28-25-14)13-29-22-18(7-5-9-23-22)21(26)24-11-16-10-17-6-3-4-8-20(17)27-12-16/h3-9,16H,10-13H2,1-2H3,(H,24,26). The lowest BCUT2D eigenvalue weighted by molar-refractivity contribution is 0.0935. The van der Waals surface area contributed by atoms with Gasteiger partial charge in [-0.15, -0.1) is 11.8 Å². The maximum Gasteiger partial charge on any atom is 0.254 e. The highest BCUT2D eigenvalue weighted by atomic mass is 32.2. The van der Waals surface area contributed by atoms with Gasteiger partial charge < -0.3 is 14.6 Å². The minimum absolute atomic E-state index is 0.113. The molecule has 7 heteroatoms. The van der Waals surface area contributed by atoms with Crippen molar-refractivity contribution >= 4 is 17.7 Å². The normalized spacial score (nSPS) is 15.4. The number of benzene rings is 1. The van der Waals surface area contributed by atoms with Gasteiger partial charge in [0.15, 0.2) is 0 Å². The number of rotatable bonds is 6. The second-order valence-corrected chi connectivity index (χ2v) is 8.11. The summed E-state index contributed by atoms with van der Waals surface area (Å²) in [5.74, 6) is 2.54. The average molecular weight is 410 g/mol. The molecule has 0 saturated heterocycles. The average Bonchev–Trinajstić information content (AvgIpc) is 3.08. The van der Waals surface area contributed by atoms with E-state index in [1.807, 2.05) is 38.1 Å². The van der Waals surface area contributed by atoms with E-state index >= 15 is 0 Å². The first-order valence-corrected chi connectivity index (χ1v) is 10.6. The first-order valence-electron chi connectivity index (χ1n) is 9.60. The minimum Gasteiger partial charge on any atom is -0.493 e. The topological polar surface area (TPSA) is 77.2 Å². The molecular weight excluding hydrogens is 386 g/mol. The number of fused-ring (bicyclic) bond motifs is 1. The number of amides is 1. The Bertz CT molecular complexity index is 999. The lowest BCUT2D eigenvalue weighted by Gasteiger charge is -2.25. The predicted octanol–water partition coefficient (Wildman–Crippen LogP) is 3.96. The Morgan fingerprint density at radius 1 is 1.24 bits per heavy atom. The van der Waals surface area contributed by atoms with E-state index in [9.17, 15) is 4.79 Å². The number of hydrogen-bond donors (Lipinski definition) is 1. The van der Waals surface area contributed by atoms with Crippen molar-refractivity contribution in [1.29, 1.82) is 0 Å². The van der Waals surface area contributed by atoms with Crippen molar-refractivity contribution in [2.75, 3.05) is 13.2 Å². The quantitative estimate of drug-likeness (QED) is 0.621. The summed E-state index contributed by atoms with van der Waals surface area (Å²) in [6.45, 7) is 4.99. The first kappa shape index (κ1) is 19.5. The van der Waals surface area contributed by atoms with E-state index in [1.54, 1.807) is 12.3 Å². The molecule has 1 amide bonds. The van der Waals surface area contributed by atoms with Crippen LogP contribution in [0.2, 0.25) is 0 Å². The third-order valence-electron chi connectivity index (χ3n) is 5.06. The smallest absolute Gasteiger partial charge is 0.254 e. The number of hydrogen-bond acceptors (Lipinski definition) is 6. The van der Waals surface area contributed by atoms with Gasteiger partial charge in [0.1, 0.15) is 16.5 Å². The van der Waals surface area contributed by atoms with Crippen molar-refractivity contribution in [3.8, 4) is 5.75 Å². The summed E-state index contributed by atoms with van der Waals surface area (Å²) < 4.78 is 11.0. The third-order valence-corrected chi connectivity index (χ3v) is 6.09. The molecule has 1 unspecified atom stereocenters. The van der Waals surface area contributed by atoms with Crippen LogP contribution in [0.1, 0.15) is 32.9 Å². The van der Waals surface area contributed by atoms with Gasteiger partial charge in [-0.25, -0.2) is 4.98 Å². The SMILES string of the molecule is Cc1noc(C)c1CSc1ncccc1C(=O)NCC1COc2ccccc2C1. The number of nitrogens with zero attached hydrogens (tertiary/aromatic N) is 2. The summed E-state index contributed by atoms with van der Waals surface area (Å²) in [5.41, 5.74) is 3.69. The lowest BCUT2D eigenvalue weighted by Crippen LogP contribution is -2.35. The molecular formula is C22H23N3O3S. The number of pyridine rings is 1. The minimum atomic E-state index is -0.113. The van der Waals surface area contributed by atoms with Crippen molar-refractivity contribution < 1.29 is 14.1 Å². The maximum atomic E-state index is 12.8. The fraction of sp³-hybridized carbons (Fsp3) is 0.318. The highest BCUT2D eigenvalue weighted by Gasteiger charge is 2.21. The molecule has 29 heavy (non-hydrogen) atoms. The molecule has 1 aromatic carbocycles. The summed E-state index contributed by atoms with van der Waals surface area (Å²) in [7, 11) is 0. The van der Waals surface area contributed by atoms with Crippen LogP contribution in [-0.4, -0.2) is 29.2 Å². The van der Waals surface area contributed by atoms with Crippen LogP contribution in [0.3, 0.4) is 0 Å². The molecule has 150 valence electrons. The van der Waals surface area contributed by atoms with Crippen LogP contribution < -0.4 is 10.1 Å². The number of nitrogens with one attached hydrogen (secondary N) is 1. The van der Waals surface area contributed by atoms with Gasteiger partial charge in [0.25, 0.3) is 5.91 Å².